The zero-order chi connectivity index (χ0) is 14.4. The fraction of sp³-hybridized carbons (Fsp3) is 0.538. The van der Waals surface area contributed by atoms with Crippen molar-refractivity contribution >= 4 is 35.0 Å². The number of nitrogens with one attached hydrogen (secondary N) is 1. The third kappa shape index (κ3) is 4.42. The van der Waals surface area contributed by atoms with E-state index in [1.54, 1.807) is 12.3 Å². The largest absolute Gasteiger partial charge is 0.370 e. The summed E-state index contributed by atoms with van der Waals surface area (Å²) >= 11 is 11.8. The van der Waals surface area contributed by atoms with Gasteiger partial charge in [0.2, 0.25) is 0 Å². The summed E-state index contributed by atoms with van der Waals surface area (Å²) in [5.74, 6) is 1.24. The number of nitrogens with two attached hydrogens (primary N) is 1. The lowest BCUT2D eigenvalue weighted by atomic mass is 10.1. The molecule has 1 aromatic rings. The second-order valence-electron chi connectivity index (χ2n) is 4.70. The second-order valence-corrected chi connectivity index (χ2v) is 5.54. The Hall–Kier alpha value is -1.20. The maximum atomic E-state index is 6.01. The summed E-state index contributed by atoms with van der Waals surface area (Å²) in [5.41, 5.74) is 5.97. The van der Waals surface area contributed by atoms with Crippen LogP contribution in [0.3, 0.4) is 0 Å². The molecule has 110 valence electrons. The maximum Gasteiger partial charge on any atom is 0.191 e. The fourth-order valence-electron chi connectivity index (χ4n) is 2.11. The van der Waals surface area contributed by atoms with Crippen LogP contribution in [0.4, 0.5) is 5.82 Å². The van der Waals surface area contributed by atoms with Crippen molar-refractivity contribution in [3.05, 3.63) is 22.3 Å². The van der Waals surface area contributed by atoms with Gasteiger partial charge in [0.25, 0.3) is 0 Å². The number of anilines is 1. The molecule has 2 rings (SSSR count). The Morgan fingerprint density at radius 2 is 2.10 bits per heavy atom. The SMILES string of the molecule is NC(=NCCNc1ncc(Cl)cc1Cl)N1CCCCC1. The van der Waals surface area contributed by atoms with Crippen LogP contribution in [-0.2, 0) is 0 Å². The molecule has 1 fully saturated rings. The van der Waals surface area contributed by atoms with Crippen molar-refractivity contribution in [1.29, 1.82) is 0 Å². The van der Waals surface area contributed by atoms with E-state index in [9.17, 15) is 0 Å². The Morgan fingerprint density at radius 3 is 2.80 bits per heavy atom. The van der Waals surface area contributed by atoms with Gasteiger partial charge >= 0.3 is 0 Å². The first-order valence-electron chi connectivity index (χ1n) is 6.76. The van der Waals surface area contributed by atoms with E-state index in [0.717, 1.165) is 13.1 Å². The molecule has 1 aromatic heterocycles. The van der Waals surface area contributed by atoms with Crippen molar-refractivity contribution in [2.75, 3.05) is 31.5 Å². The van der Waals surface area contributed by atoms with Crippen molar-refractivity contribution in [3.63, 3.8) is 0 Å². The average Bonchev–Trinajstić information content (AvgIpc) is 2.46. The van der Waals surface area contributed by atoms with Gasteiger partial charge in [-0.2, -0.15) is 0 Å². The molecule has 0 aromatic carbocycles. The number of halogens is 2. The van der Waals surface area contributed by atoms with E-state index < -0.39 is 0 Å². The number of piperidine rings is 1. The minimum atomic E-state index is 0.505. The van der Waals surface area contributed by atoms with Crippen LogP contribution in [0.15, 0.2) is 17.3 Å². The van der Waals surface area contributed by atoms with Crippen LogP contribution in [0.1, 0.15) is 19.3 Å². The molecule has 0 atom stereocenters. The lowest BCUT2D eigenvalue weighted by Crippen LogP contribution is -2.41. The molecule has 3 N–H and O–H groups in total. The normalized spacial score (nSPS) is 16.3. The predicted molar refractivity (Wildman–Crippen MR) is 84.7 cm³/mol. The van der Waals surface area contributed by atoms with E-state index in [2.05, 4.69) is 20.2 Å². The number of pyridine rings is 1. The monoisotopic (exact) mass is 315 g/mol. The second kappa shape index (κ2) is 7.55. The molecule has 0 saturated carbocycles. The van der Waals surface area contributed by atoms with Gasteiger partial charge in [-0.15, -0.1) is 0 Å². The van der Waals surface area contributed by atoms with Gasteiger partial charge in [-0.25, -0.2) is 4.98 Å². The molecule has 1 saturated heterocycles. The quantitative estimate of drug-likeness (QED) is 0.509. The average molecular weight is 316 g/mol. The van der Waals surface area contributed by atoms with Gasteiger partial charge in [0.05, 0.1) is 16.6 Å². The molecule has 2 heterocycles. The third-order valence-corrected chi connectivity index (χ3v) is 3.66. The van der Waals surface area contributed by atoms with E-state index in [1.165, 1.54) is 19.3 Å². The van der Waals surface area contributed by atoms with Crippen molar-refractivity contribution in [3.8, 4) is 0 Å². The summed E-state index contributed by atoms with van der Waals surface area (Å²) in [7, 11) is 0. The van der Waals surface area contributed by atoms with Gasteiger partial charge in [-0.05, 0) is 25.3 Å². The standard InChI is InChI=1S/C13H19Cl2N5/c14-10-8-11(15)12(19-9-10)17-4-5-18-13(16)20-6-2-1-3-7-20/h8-9H,1-7H2,(H2,16,18)(H,17,19). The molecule has 1 aliphatic rings. The number of aliphatic imine (C=N–C) groups is 1. The van der Waals surface area contributed by atoms with E-state index in [1.807, 2.05) is 0 Å². The molecule has 0 bridgehead atoms. The van der Waals surface area contributed by atoms with E-state index >= 15 is 0 Å². The molecule has 20 heavy (non-hydrogen) atoms. The molecular weight excluding hydrogens is 297 g/mol. The van der Waals surface area contributed by atoms with E-state index in [0.29, 0.717) is 34.9 Å². The molecule has 0 aliphatic carbocycles. The summed E-state index contributed by atoms with van der Waals surface area (Å²) in [6, 6.07) is 1.66. The Morgan fingerprint density at radius 1 is 1.35 bits per heavy atom. The van der Waals surface area contributed by atoms with Gasteiger partial charge in [0, 0.05) is 25.8 Å². The van der Waals surface area contributed by atoms with Gasteiger partial charge in [-0.1, -0.05) is 23.2 Å². The molecule has 5 nitrogen and oxygen atoms in total. The number of likely N-dealkylation sites (tertiary alicyclic amines) is 1. The summed E-state index contributed by atoms with van der Waals surface area (Å²) in [6.07, 6.45) is 5.23. The molecule has 0 radical (unpaired) electrons. The van der Waals surface area contributed by atoms with Crippen LogP contribution in [0.25, 0.3) is 0 Å². The predicted octanol–water partition coefficient (Wildman–Crippen LogP) is 2.60. The number of nitrogens with zero attached hydrogens (tertiary/aromatic N) is 3. The summed E-state index contributed by atoms with van der Waals surface area (Å²) in [5, 5.41) is 4.14. The minimum Gasteiger partial charge on any atom is -0.370 e. The molecule has 7 heteroatoms. The van der Waals surface area contributed by atoms with Gasteiger partial charge in [0.1, 0.15) is 5.82 Å². The first kappa shape index (κ1) is 15.2. The molecule has 0 unspecified atom stereocenters. The Balaban J connectivity index is 1.77. The van der Waals surface area contributed by atoms with Crippen LogP contribution in [0.2, 0.25) is 10.0 Å². The Bertz CT molecular complexity index is 472. The highest BCUT2D eigenvalue weighted by Crippen LogP contribution is 2.22. The molecule has 1 aliphatic heterocycles. The first-order chi connectivity index (χ1) is 9.66. The molecule has 0 spiro atoms. The summed E-state index contributed by atoms with van der Waals surface area (Å²) < 4.78 is 0. The van der Waals surface area contributed by atoms with Crippen LogP contribution in [-0.4, -0.2) is 42.0 Å². The van der Waals surface area contributed by atoms with Crippen molar-refractivity contribution in [2.45, 2.75) is 19.3 Å². The third-order valence-electron chi connectivity index (χ3n) is 3.17. The van der Waals surface area contributed by atoms with Crippen LogP contribution in [0.5, 0.6) is 0 Å². The highest BCUT2D eigenvalue weighted by molar-refractivity contribution is 6.35. The number of hydrogen-bond acceptors (Lipinski definition) is 3. The Kier molecular flexibility index (Phi) is 5.73. The van der Waals surface area contributed by atoms with Crippen molar-refractivity contribution in [2.24, 2.45) is 10.7 Å². The lowest BCUT2D eigenvalue weighted by Gasteiger charge is -2.27. The topological polar surface area (TPSA) is 66.5 Å². The number of guanidine groups is 1. The highest BCUT2D eigenvalue weighted by atomic mass is 35.5. The van der Waals surface area contributed by atoms with Crippen LogP contribution < -0.4 is 11.1 Å². The van der Waals surface area contributed by atoms with Gasteiger partial charge in [-0.3, -0.25) is 4.99 Å². The van der Waals surface area contributed by atoms with Crippen LogP contribution in [0, 0.1) is 0 Å². The number of rotatable bonds is 4. The lowest BCUT2D eigenvalue weighted by molar-refractivity contribution is 0.338. The van der Waals surface area contributed by atoms with Gasteiger partial charge in [0.15, 0.2) is 5.96 Å². The molecular formula is C13H19Cl2N5. The summed E-state index contributed by atoms with van der Waals surface area (Å²) in [6.45, 7) is 3.23. The first-order valence-corrected chi connectivity index (χ1v) is 7.52. The van der Waals surface area contributed by atoms with Crippen molar-refractivity contribution in [1.82, 2.24) is 9.88 Å². The molecule has 0 amide bonds. The van der Waals surface area contributed by atoms with Crippen LogP contribution >= 0.6 is 23.2 Å². The smallest absolute Gasteiger partial charge is 0.191 e. The Labute approximate surface area is 129 Å². The summed E-state index contributed by atoms with van der Waals surface area (Å²) in [4.78, 5) is 10.6. The maximum absolute atomic E-state index is 6.01. The van der Waals surface area contributed by atoms with E-state index in [4.69, 9.17) is 28.9 Å². The van der Waals surface area contributed by atoms with Crippen molar-refractivity contribution < 1.29 is 0 Å². The highest BCUT2D eigenvalue weighted by Gasteiger charge is 2.11. The number of hydrogen-bond donors (Lipinski definition) is 2. The fourth-order valence-corrected chi connectivity index (χ4v) is 2.56. The van der Waals surface area contributed by atoms with Gasteiger partial charge < -0.3 is 16.0 Å². The zero-order valence-electron chi connectivity index (χ0n) is 11.3. The zero-order valence-corrected chi connectivity index (χ0v) is 12.8. The minimum absolute atomic E-state index is 0.505. The number of aromatic nitrogens is 1. The van der Waals surface area contributed by atoms with E-state index in [-0.39, 0.29) is 0 Å².